The van der Waals surface area contributed by atoms with E-state index in [0.717, 1.165) is 35.2 Å². The number of amides is 1. The van der Waals surface area contributed by atoms with Gasteiger partial charge in [0.25, 0.3) is 0 Å². The Morgan fingerprint density at radius 1 is 1.03 bits per heavy atom. The zero-order valence-corrected chi connectivity index (χ0v) is 17.7. The highest BCUT2D eigenvalue weighted by Crippen LogP contribution is 2.26. The van der Waals surface area contributed by atoms with Crippen LogP contribution in [-0.4, -0.2) is 17.9 Å². The molecule has 4 nitrogen and oxygen atoms in total. The molecular weight excluding hydrogens is 377 g/mol. The van der Waals surface area contributed by atoms with Gasteiger partial charge in [0.15, 0.2) is 0 Å². The fourth-order valence-corrected chi connectivity index (χ4v) is 3.50. The Morgan fingerprint density at radius 3 is 2.43 bits per heavy atom. The minimum absolute atomic E-state index is 0.109. The first kappa shape index (κ1) is 21.7. The van der Waals surface area contributed by atoms with Crippen LogP contribution in [0.1, 0.15) is 46.5 Å². The highest BCUT2D eigenvalue weighted by molar-refractivity contribution is 5.83. The van der Waals surface area contributed by atoms with Gasteiger partial charge in [-0.25, -0.2) is 4.39 Å². The fraction of sp³-hybridized carbons (Fsp3) is 0.280. The Morgan fingerprint density at radius 2 is 1.80 bits per heavy atom. The summed E-state index contributed by atoms with van der Waals surface area (Å²) < 4.78 is 13.9. The molecule has 1 amide bonds. The maximum atomic E-state index is 13.9. The number of hydrogen-bond acceptors (Lipinski definition) is 3. The lowest BCUT2D eigenvalue weighted by atomic mass is 9.95. The quantitative estimate of drug-likeness (QED) is 0.576. The molecule has 1 heterocycles. The molecule has 0 aliphatic carbocycles. The standard InChI is InChI=1S/C25H28FN3O/c1-17-15-21(12-13-22(17)26)23(14-11-19-10-9-18(2)28-16-19)29-24(25(30)27-3)20-7-5-4-6-8-20/h4-10,12-13,15-16,23-24,29H,11,14H2,1-3H3,(H,27,30). The van der Waals surface area contributed by atoms with E-state index in [0.29, 0.717) is 5.56 Å². The number of nitrogens with one attached hydrogen (secondary N) is 2. The summed E-state index contributed by atoms with van der Waals surface area (Å²) in [5.41, 5.74) is 4.54. The van der Waals surface area contributed by atoms with E-state index in [-0.39, 0.29) is 17.8 Å². The number of benzene rings is 2. The van der Waals surface area contributed by atoms with Gasteiger partial charge in [0, 0.05) is 25.0 Å². The van der Waals surface area contributed by atoms with Crippen molar-refractivity contribution in [1.29, 1.82) is 0 Å². The SMILES string of the molecule is CNC(=O)C(NC(CCc1ccc(C)nc1)c1ccc(F)c(C)c1)c1ccccc1. The van der Waals surface area contributed by atoms with Crippen LogP contribution in [0.5, 0.6) is 0 Å². The van der Waals surface area contributed by atoms with Gasteiger partial charge in [-0.1, -0.05) is 48.5 Å². The number of carbonyl (C=O) groups is 1. The molecule has 0 spiro atoms. The van der Waals surface area contributed by atoms with Gasteiger partial charge in [-0.15, -0.1) is 0 Å². The third-order valence-electron chi connectivity index (χ3n) is 5.29. The van der Waals surface area contributed by atoms with Crippen molar-refractivity contribution < 1.29 is 9.18 Å². The van der Waals surface area contributed by atoms with E-state index in [2.05, 4.69) is 21.7 Å². The molecule has 3 rings (SSSR count). The second-order valence-corrected chi connectivity index (χ2v) is 7.53. The van der Waals surface area contributed by atoms with Crippen molar-refractivity contribution >= 4 is 5.91 Å². The van der Waals surface area contributed by atoms with Gasteiger partial charge in [-0.2, -0.15) is 0 Å². The van der Waals surface area contributed by atoms with E-state index >= 15 is 0 Å². The van der Waals surface area contributed by atoms with E-state index in [1.165, 1.54) is 6.07 Å². The van der Waals surface area contributed by atoms with Crippen molar-refractivity contribution in [3.8, 4) is 0 Å². The van der Waals surface area contributed by atoms with Gasteiger partial charge < -0.3 is 5.32 Å². The molecule has 0 aliphatic heterocycles. The van der Waals surface area contributed by atoms with Crippen LogP contribution in [0.2, 0.25) is 0 Å². The number of rotatable bonds is 8. The van der Waals surface area contributed by atoms with Crippen LogP contribution in [0.3, 0.4) is 0 Å². The van der Waals surface area contributed by atoms with Gasteiger partial charge in [-0.05, 0) is 61.1 Å². The minimum Gasteiger partial charge on any atom is -0.358 e. The Balaban J connectivity index is 1.89. The molecule has 30 heavy (non-hydrogen) atoms. The number of carbonyl (C=O) groups excluding carboxylic acids is 1. The van der Waals surface area contributed by atoms with Gasteiger partial charge >= 0.3 is 0 Å². The molecule has 0 saturated heterocycles. The summed E-state index contributed by atoms with van der Waals surface area (Å²) in [7, 11) is 1.63. The molecule has 0 fully saturated rings. The molecule has 2 unspecified atom stereocenters. The maximum Gasteiger partial charge on any atom is 0.241 e. The largest absolute Gasteiger partial charge is 0.358 e. The van der Waals surface area contributed by atoms with E-state index in [9.17, 15) is 9.18 Å². The van der Waals surface area contributed by atoms with E-state index in [1.54, 1.807) is 20.0 Å². The highest BCUT2D eigenvalue weighted by Gasteiger charge is 2.24. The second kappa shape index (κ2) is 10.1. The maximum absolute atomic E-state index is 13.9. The Labute approximate surface area is 177 Å². The Kier molecular flexibility index (Phi) is 7.31. The number of nitrogens with zero attached hydrogens (tertiary/aromatic N) is 1. The molecular formula is C25H28FN3O. The summed E-state index contributed by atoms with van der Waals surface area (Å²) in [5, 5.41) is 6.26. The first-order valence-corrected chi connectivity index (χ1v) is 10.2. The van der Waals surface area contributed by atoms with Crippen LogP contribution in [-0.2, 0) is 11.2 Å². The average Bonchev–Trinajstić information content (AvgIpc) is 2.77. The first-order chi connectivity index (χ1) is 14.5. The zero-order chi connectivity index (χ0) is 21.5. The molecule has 3 aromatic rings. The monoisotopic (exact) mass is 405 g/mol. The highest BCUT2D eigenvalue weighted by atomic mass is 19.1. The molecule has 2 atom stereocenters. The number of likely N-dealkylation sites (N-methyl/N-ethyl adjacent to an activating group) is 1. The zero-order valence-electron chi connectivity index (χ0n) is 17.7. The van der Waals surface area contributed by atoms with Crippen LogP contribution < -0.4 is 10.6 Å². The fourth-order valence-electron chi connectivity index (χ4n) is 3.50. The second-order valence-electron chi connectivity index (χ2n) is 7.53. The lowest BCUT2D eigenvalue weighted by Crippen LogP contribution is -2.38. The van der Waals surface area contributed by atoms with Gasteiger partial charge in [0.1, 0.15) is 11.9 Å². The molecule has 1 aromatic heterocycles. The lowest BCUT2D eigenvalue weighted by Gasteiger charge is -2.26. The number of aromatic nitrogens is 1. The summed E-state index contributed by atoms with van der Waals surface area (Å²) in [4.78, 5) is 17.0. The molecule has 0 aliphatic rings. The summed E-state index contributed by atoms with van der Waals surface area (Å²) >= 11 is 0. The summed E-state index contributed by atoms with van der Waals surface area (Å²) in [6.45, 7) is 3.72. The predicted molar refractivity (Wildman–Crippen MR) is 118 cm³/mol. The molecule has 0 saturated carbocycles. The van der Waals surface area contributed by atoms with Crippen molar-refractivity contribution in [2.75, 3.05) is 7.05 Å². The molecule has 0 radical (unpaired) electrons. The molecule has 5 heteroatoms. The number of hydrogen-bond donors (Lipinski definition) is 2. The van der Waals surface area contributed by atoms with Crippen molar-refractivity contribution in [2.24, 2.45) is 0 Å². The van der Waals surface area contributed by atoms with Crippen LogP contribution >= 0.6 is 0 Å². The van der Waals surface area contributed by atoms with Crippen LogP contribution in [0.15, 0.2) is 66.9 Å². The minimum atomic E-state index is -0.511. The lowest BCUT2D eigenvalue weighted by molar-refractivity contribution is -0.123. The molecule has 2 aromatic carbocycles. The predicted octanol–water partition coefficient (Wildman–Crippen LogP) is 4.59. The van der Waals surface area contributed by atoms with Crippen molar-refractivity contribution in [2.45, 2.75) is 38.8 Å². The van der Waals surface area contributed by atoms with Crippen LogP contribution in [0, 0.1) is 19.7 Å². The van der Waals surface area contributed by atoms with E-state index in [4.69, 9.17) is 0 Å². The molecule has 2 N–H and O–H groups in total. The number of aryl methyl sites for hydroxylation is 3. The smallest absolute Gasteiger partial charge is 0.241 e. The summed E-state index contributed by atoms with van der Waals surface area (Å²) in [5.74, 6) is -0.340. The van der Waals surface area contributed by atoms with E-state index in [1.807, 2.05) is 55.6 Å². The normalized spacial score (nSPS) is 12.9. The van der Waals surface area contributed by atoms with Crippen molar-refractivity contribution in [3.63, 3.8) is 0 Å². The molecule has 0 bridgehead atoms. The van der Waals surface area contributed by atoms with Crippen molar-refractivity contribution in [1.82, 2.24) is 15.6 Å². The topological polar surface area (TPSA) is 54.0 Å². The third kappa shape index (κ3) is 5.51. The number of halogens is 1. The first-order valence-electron chi connectivity index (χ1n) is 10.2. The van der Waals surface area contributed by atoms with Crippen LogP contribution in [0.4, 0.5) is 4.39 Å². The summed E-state index contributed by atoms with van der Waals surface area (Å²) in [6, 6.07) is 18.2. The third-order valence-corrected chi connectivity index (χ3v) is 5.29. The van der Waals surface area contributed by atoms with Crippen LogP contribution in [0.25, 0.3) is 0 Å². The van der Waals surface area contributed by atoms with Gasteiger partial charge in [-0.3, -0.25) is 15.1 Å². The van der Waals surface area contributed by atoms with Gasteiger partial charge in [0.2, 0.25) is 5.91 Å². The Hall–Kier alpha value is -3.05. The van der Waals surface area contributed by atoms with E-state index < -0.39 is 6.04 Å². The summed E-state index contributed by atoms with van der Waals surface area (Å²) in [6.07, 6.45) is 3.42. The average molecular weight is 406 g/mol. The molecule has 156 valence electrons. The number of pyridine rings is 1. The van der Waals surface area contributed by atoms with Gasteiger partial charge in [0.05, 0.1) is 0 Å². The Bertz CT molecular complexity index is 973. The van der Waals surface area contributed by atoms with Crippen molar-refractivity contribution in [3.05, 3.63) is 101 Å².